The summed E-state index contributed by atoms with van der Waals surface area (Å²) in [5.74, 6) is -1.18. The second kappa shape index (κ2) is 7.07. The molecule has 1 spiro atoms. The molecule has 4 amide bonds. The van der Waals surface area contributed by atoms with Crippen LogP contribution in [0.25, 0.3) is 0 Å². The third-order valence-corrected chi connectivity index (χ3v) is 5.40. The molecule has 2 aromatic rings. The largest absolute Gasteiger partial charge is 0.354 e. The van der Waals surface area contributed by atoms with Gasteiger partial charge in [-0.25, -0.2) is 9.18 Å². The predicted octanol–water partition coefficient (Wildman–Crippen LogP) is 1.88. The van der Waals surface area contributed by atoms with E-state index < -0.39 is 23.4 Å². The molecule has 144 valence electrons. The Morgan fingerprint density at radius 2 is 1.89 bits per heavy atom. The van der Waals surface area contributed by atoms with E-state index in [0.717, 1.165) is 16.0 Å². The van der Waals surface area contributed by atoms with Gasteiger partial charge in [-0.3, -0.25) is 14.5 Å². The molecule has 1 aliphatic carbocycles. The number of nitrogens with one attached hydrogen (secondary N) is 2. The SMILES string of the molecule is O=C(CN1C(=O)N[C@@]2(CCc3ccccc32)C1=O)NCCc1ccccc1F. The van der Waals surface area contributed by atoms with Crippen LogP contribution in [0.5, 0.6) is 0 Å². The number of amides is 4. The Balaban J connectivity index is 1.39. The number of benzene rings is 2. The zero-order valence-corrected chi connectivity index (χ0v) is 15.2. The van der Waals surface area contributed by atoms with Gasteiger partial charge in [-0.1, -0.05) is 42.5 Å². The molecule has 0 radical (unpaired) electrons. The number of fused-ring (bicyclic) bond motifs is 2. The third-order valence-electron chi connectivity index (χ3n) is 5.40. The van der Waals surface area contributed by atoms with Crippen LogP contribution in [0, 0.1) is 5.82 Å². The number of nitrogens with zero attached hydrogens (tertiary/aromatic N) is 1. The van der Waals surface area contributed by atoms with Gasteiger partial charge in [-0.15, -0.1) is 0 Å². The second-order valence-electron chi connectivity index (χ2n) is 7.08. The average molecular weight is 381 g/mol. The van der Waals surface area contributed by atoms with Crippen LogP contribution >= 0.6 is 0 Å². The van der Waals surface area contributed by atoms with Crippen LogP contribution < -0.4 is 10.6 Å². The first-order valence-corrected chi connectivity index (χ1v) is 9.24. The van der Waals surface area contributed by atoms with E-state index >= 15 is 0 Å². The van der Waals surface area contributed by atoms with Gasteiger partial charge in [0, 0.05) is 6.54 Å². The molecule has 7 heteroatoms. The lowest BCUT2D eigenvalue weighted by Gasteiger charge is -2.22. The zero-order chi connectivity index (χ0) is 19.7. The number of hydrogen-bond acceptors (Lipinski definition) is 3. The monoisotopic (exact) mass is 381 g/mol. The zero-order valence-electron chi connectivity index (χ0n) is 15.2. The Bertz CT molecular complexity index is 961. The molecule has 0 unspecified atom stereocenters. The maximum Gasteiger partial charge on any atom is 0.325 e. The molecule has 6 nitrogen and oxygen atoms in total. The molecule has 0 aromatic heterocycles. The highest BCUT2D eigenvalue weighted by atomic mass is 19.1. The van der Waals surface area contributed by atoms with Crippen molar-refractivity contribution in [3.63, 3.8) is 0 Å². The Labute approximate surface area is 161 Å². The predicted molar refractivity (Wildman–Crippen MR) is 99.8 cm³/mol. The number of hydrogen-bond donors (Lipinski definition) is 2. The molecule has 1 heterocycles. The minimum Gasteiger partial charge on any atom is -0.354 e. The molecule has 1 fully saturated rings. The first-order valence-electron chi connectivity index (χ1n) is 9.24. The lowest BCUT2D eigenvalue weighted by atomic mass is 9.92. The average Bonchev–Trinajstić information content (AvgIpc) is 3.17. The van der Waals surface area contributed by atoms with E-state index in [1.807, 2.05) is 24.3 Å². The van der Waals surface area contributed by atoms with Crippen molar-refractivity contribution in [2.75, 3.05) is 13.1 Å². The summed E-state index contributed by atoms with van der Waals surface area (Å²) in [6, 6.07) is 13.3. The Morgan fingerprint density at radius 3 is 2.71 bits per heavy atom. The first-order chi connectivity index (χ1) is 13.5. The molecule has 0 bridgehead atoms. The van der Waals surface area contributed by atoms with Crippen molar-refractivity contribution in [1.29, 1.82) is 0 Å². The molecular formula is C21H20FN3O3. The van der Waals surface area contributed by atoms with Gasteiger partial charge >= 0.3 is 6.03 Å². The van der Waals surface area contributed by atoms with E-state index in [4.69, 9.17) is 0 Å². The number of aryl methyl sites for hydroxylation is 1. The number of urea groups is 1. The summed E-state index contributed by atoms with van der Waals surface area (Å²) in [6.07, 6.45) is 1.52. The molecule has 0 saturated carbocycles. The Kier molecular flexibility index (Phi) is 4.58. The van der Waals surface area contributed by atoms with Crippen molar-refractivity contribution in [1.82, 2.24) is 15.5 Å². The fourth-order valence-corrected chi connectivity index (χ4v) is 3.97. The lowest BCUT2D eigenvalue weighted by Crippen LogP contribution is -2.44. The Hall–Kier alpha value is -3.22. The normalized spacial score (nSPS) is 20.4. The van der Waals surface area contributed by atoms with E-state index in [9.17, 15) is 18.8 Å². The van der Waals surface area contributed by atoms with E-state index in [1.165, 1.54) is 6.07 Å². The van der Waals surface area contributed by atoms with E-state index in [2.05, 4.69) is 10.6 Å². The highest BCUT2D eigenvalue weighted by Crippen LogP contribution is 2.41. The van der Waals surface area contributed by atoms with Crippen LogP contribution in [0.1, 0.15) is 23.1 Å². The molecule has 2 aliphatic rings. The van der Waals surface area contributed by atoms with Crippen LogP contribution in [0.15, 0.2) is 48.5 Å². The van der Waals surface area contributed by atoms with Gasteiger partial charge in [0.1, 0.15) is 17.9 Å². The van der Waals surface area contributed by atoms with Gasteiger partial charge in [-0.2, -0.15) is 0 Å². The molecule has 1 atom stereocenters. The molecule has 1 aliphatic heterocycles. The van der Waals surface area contributed by atoms with Crippen LogP contribution in [0.3, 0.4) is 0 Å². The van der Waals surface area contributed by atoms with Crippen molar-refractivity contribution in [3.8, 4) is 0 Å². The fourth-order valence-electron chi connectivity index (χ4n) is 3.97. The fraction of sp³-hybridized carbons (Fsp3) is 0.286. The molecule has 1 saturated heterocycles. The highest BCUT2D eigenvalue weighted by molar-refractivity contribution is 6.09. The molecule has 4 rings (SSSR count). The number of rotatable bonds is 5. The van der Waals surface area contributed by atoms with Crippen molar-refractivity contribution in [2.45, 2.75) is 24.8 Å². The third kappa shape index (κ3) is 3.02. The quantitative estimate of drug-likeness (QED) is 0.777. The van der Waals surface area contributed by atoms with Gasteiger partial charge in [-0.05, 0) is 42.0 Å². The lowest BCUT2D eigenvalue weighted by molar-refractivity contribution is -0.135. The molecule has 2 N–H and O–H groups in total. The van der Waals surface area contributed by atoms with Gasteiger partial charge in [0.15, 0.2) is 0 Å². The summed E-state index contributed by atoms with van der Waals surface area (Å²) >= 11 is 0. The van der Waals surface area contributed by atoms with Crippen molar-refractivity contribution in [3.05, 3.63) is 71.0 Å². The number of imide groups is 1. The van der Waals surface area contributed by atoms with Crippen LogP contribution in [-0.2, 0) is 28.0 Å². The smallest absolute Gasteiger partial charge is 0.325 e. The van der Waals surface area contributed by atoms with E-state index in [0.29, 0.717) is 24.8 Å². The van der Waals surface area contributed by atoms with Crippen LogP contribution in [0.4, 0.5) is 9.18 Å². The summed E-state index contributed by atoms with van der Waals surface area (Å²) in [5.41, 5.74) is 1.27. The van der Waals surface area contributed by atoms with Crippen molar-refractivity contribution < 1.29 is 18.8 Å². The number of halogens is 1. The second-order valence-corrected chi connectivity index (χ2v) is 7.08. The van der Waals surface area contributed by atoms with Crippen molar-refractivity contribution in [2.24, 2.45) is 0 Å². The van der Waals surface area contributed by atoms with Crippen LogP contribution in [0.2, 0.25) is 0 Å². The maximum absolute atomic E-state index is 13.6. The molecular weight excluding hydrogens is 361 g/mol. The van der Waals surface area contributed by atoms with Gasteiger partial charge in [0.2, 0.25) is 5.91 Å². The molecule has 28 heavy (non-hydrogen) atoms. The molecule has 2 aromatic carbocycles. The number of carbonyl (C=O) groups excluding carboxylic acids is 3. The summed E-state index contributed by atoms with van der Waals surface area (Å²) < 4.78 is 13.6. The summed E-state index contributed by atoms with van der Waals surface area (Å²) in [7, 11) is 0. The summed E-state index contributed by atoms with van der Waals surface area (Å²) in [6.45, 7) is -0.136. The van der Waals surface area contributed by atoms with Gasteiger partial charge < -0.3 is 10.6 Å². The first kappa shape index (κ1) is 18.2. The Morgan fingerprint density at radius 1 is 1.14 bits per heavy atom. The standard InChI is InChI=1S/C21H20FN3O3/c22-17-8-4-2-6-15(17)10-12-23-18(26)13-25-19(27)21(24-20(25)28)11-9-14-5-1-3-7-16(14)21/h1-8H,9-13H2,(H,23,26)(H,24,28)/t21-/m1/s1. The van der Waals surface area contributed by atoms with E-state index in [1.54, 1.807) is 18.2 Å². The van der Waals surface area contributed by atoms with Gasteiger partial charge in [0.05, 0.1) is 0 Å². The van der Waals surface area contributed by atoms with Crippen molar-refractivity contribution >= 4 is 17.8 Å². The topological polar surface area (TPSA) is 78.5 Å². The minimum absolute atomic E-state index is 0.220. The van der Waals surface area contributed by atoms with E-state index in [-0.39, 0.29) is 18.9 Å². The summed E-state index contributed by atoms with van der Waals surface area (Å²) in [5, 5.41) is 5.43. The highest BCUT2D eigenvalue weighted by Gasteiger charge is 2.55. The van der Waals surface area contributed by atoms with Gasteiger partial charge in [0.25, 0.3) is 5.91 Å². The number of carbonyl (C=O) groups is 3. The van der Waals surface area contributed by atoms with Crippen LogP contribution in [-0.4, -0.2) is 35.8 Å². The summed E-state index contributed by atoms with van der Waals surface area (Å²) in [4.78, 5) is 38.6. The minimum atomic E-state index is -1.07. The maximum atomic E-state index is 13.6.